The van der Waals surface area contributed by atoms with Crippen LogP contribution in [0.15, 0.2) is 18.2 Å². The maximum atomic E-state index is 14.6. The highest BCUT2D eigenvalue weighted by atomic mass is 19.3. The molecule has 0 aromatic heterocycles. The molecule has 8 heteroatoms. The second kappa shape index (κ2) is 9.24. The predicted octanol–water partition coefficient (Wildman–Crippen LogP) is 3.68. The van der Waals surface area contributed by atoms with Gasteiger partial charge in [0.25, 0.3) is 0 Å². The van der Waals surface area contributed by atoms with Crippen molar-refractivity contribution in [3.8, 4) is 0 Å². The minimum atomic E-state index is -2.76. The Bertz CT molecular complexity index is 885. The molecule has 0 bridgehead atoms. The molecule has 2 atom stereocenters. The van der Waals surface area contributed by atoms with E-state index >= 15 is 0 Å². The summed E-state index contributed by atoms with van der Waals surface area (Å²) in [5, 5.41) is 5.31. The molecule has 2 N–H and O–H groups in total. The Morgan fingerprint density at radius 3 is 2.41 bits per heavy atom. The predicted molar refractivity (Wildman–Crippen MR) is 114 cm³/mol. The first-order chi connectivity index (χ1) is 14.9. The van der Waals surface area contributed by atoms with Crippen molar-refractivity contribution in [2.75, 3.05) is 6.54 Å². The van der Waals surface area contributed by atoms with E-state index in [2.05, 4.69) is 10.6 Å². The molecule has 3 rings (SSSR count). The molecular formula is C24H31F3N2O3. The van der Waals surface area contributed by atoms with Gasteiger partial charge in [-0.2, -0.15) is 0 Å². The first-order valence-electron chi connectivity index (χ1n) is 11.1. The summed E-state index contributed by atoms with van der Waals surface area (Å²) in [5.41, 5.74) is 0.619. The monoisotopic (exact) mass is 452 g/mol. The van der Waals surface area contributed by atoms with Gasteiger partial charge in [0, 0.05) is 32.2 Å². The number of carbonyl (C=O) groups excluding carboxylic acids is 3. The van der Waals surface area contributed by atoms with Crippen LogP contribution in [-0.2, 0) is 26.2 Å². The van der Waals surface area contributed by atoms with Gasteiger partial charge in [-0.05, 0) is 41.4 Å². The Morgan fingerprint density at radius 1 is 1.22 bits per heavy atom. The van der Waals surface area contributed by atoms with E-state index in [-0.39, 0.29) is 62.2 Å². The summed E-state index contributed by atoms with van der Waals surface area (Å²) in [6, 6.07) is 3.73. The van der Waals surface area contributed by atoms with Gasteiger partial charge in [0.1, 0.15) is 5.82 Å². The maximum Gasteiger partial charge on any atom is 0.248 e. The molecular weight excluding hydrogens is 421 g/mol. The fourth-order valence-corrected chi connectivity index (χ4v) is 4.51. The molecule has 1 saturated heterocycles. The fraction of sp³-hybridized carbons (Fsp3) is 0.625. The van der Waals surface area contributed by atoms with E-state index in [1.165, 1.54) is 6.07 Å². The second-order valence-corrected chi connectivity index (χ2v) is 10.1. The molecule has 2 fully saturated rings. The lowest BCUT2D eigenvalue weighted by Crippen LogP contribution is -2.50. The van der Waals surface area contributed by atoms with Gasteiger partial charge in [0.2, 0.25) is 17.7 Å². The lowest BCUT2D eigenvalue weighted by atomic mass is 9.79. The second-order valence-electron chi connectivity index (χ2n) is 10.1. The van der Waals surface area contributed by atoms with Crippen LogP contribution in [0.5, 0.6) is 0 Å². The molecule has 0 spiro atoms. The summed E-state index contributed by atoms with van der Waals surface area (Å²) in [6.45, 7) is 5.86. The molecule has 2 amide bonds. The summed E-state index contributed by atoms with van der Waals surface area (Å²) in [5.74, 6) is -5.19. The lowest BCUT2D eigenvalue weighted by molar-refractivity contribution is -0.132. The molecule has 176 valence electrons. The third-order valence-corrected chi connectivity index (χ3v) is 6.45. The van der Waals surface area contributed by atoms with E-state index in [9.17, 15) is 27.6 Å². The van der Waals surface area contributed by atoms with Crippen molar-refractivity contribution >= 4 is 17.6 Å². The van der Waals surface area contributed by atoms with Gasteiger partial charge in [-0.1, -0.05) is 32.9 Å². The van der Waals surface area contributed by atoms with Crippen LogP contribution in [0.25, 0.3) is 0 Å². The van der Waals surface area contributed by atoms with Gasteiger partial charge >= 0.3 is 0 Å². The van der Waals surface area contributed by atoms with Crippen LogP contribution >= 0.6 is 0 Å². The van der Waals surface area contributed by atoms with Crippen LogP contribution < -0.4 is 10.6 Å². The number of rotatable bonds is 6. The van der Waals surface area contributed by atoms with Gasteiger partial charge in [-0.3, -0.25) is 14.4 Å². The summed E-state index contributed by atoms with van der Waals surface area (Å²) in [6.07, 6.45) is -0.521. The zero-order valence-electron chi connectivity index (χ0n) is 18.8. The molecule has 1 saturated carbocycles. The number of alkyl halides is 2. The number of hydrogen-bond acceptors (Lipinski definition) is 3. The van der Waals surface area contributed by atoms with Crippen molar-refractivity contribution in [3.05, 3.63) is 35.1 Å². The Balaban J connectivity index is 1.76. The maximum absolute atomic E-state index is 14.6. The standard InChI is InChI=1S/C24H31F3N2O3/c1-23(2,3)17-5-4-14(10-18(17)25)11-19(30)21(15-6-8-24(26,27)9-7-15)29-22(32)16-12-20(31)28-13-16/h4-5,10,15-16,21H,6-9,11-13H2,1-3H3,(H,28,31)(H,29,32)/t16-,21+/m1/s1. The number of hydrogen-bond donors (Lipinski definition) is 2. The van der Waals surface area contributed by atoms with Crippen LogP contribution in [0.1, 0.15) is 64.0 Å². The van der Waals surface area contributed by atoms with E-state index in [0.717, 1.165) is 0 Å². The third-order valence-electron chi connectivity index (χ3n) is 6.45. The number of amides is 2. The average Bonchev–Trinajstić information content (AvgIpc) is 3.12. The van der Waals surface area contributed by atoms with E-state index in [0.29, 0.717) is 11.1 Å². The van der Waals surface area contributed by atoms with Gasteiger partial charge in [0.05, 0.1) is 12.0 Å². The molecule has 1 aliphatic carbocycles. The molecule has 1 heterocycles. The van der Waals surface area contributed by atoms with Crippen molar-refractivity contribution in [2.24, 2.45) is 11.8 Å². The molecule has 1 aromatic rings. The smallest absolute Gasteiger partial charge is 0.248 e. The quantitative estimate of drug-likeness (QED) is 0.692. The fourth-order valence-electron chi connectivity index (χ4n) is 4.51. The van der Waals surface area contributed by atoms with Crippen molar-refractivity contribution in [1.29, 1.82) is 0 Å². The number of halogens is 3. The van der Waals surface area contributed by atoms with Crippen LogP contribution in [0.3, 0.4) is 0 Å². The molecule has 1 aliphatic heterocycles. The Hall–Kier alpha value is -2.38. The van der Waals surface area contributed by atoms with Crippen LogP contribution in [0.4, 0.5) is 13.2 Å². The molecule has 1 aromatic carbocycles. The Morgan fingerprint density at radius 2 is 1.88 bits per heavy atom. The number of ketones is 1. The van der Waals surface area contributed by atoms with Crippen LogP contribution in [0, 0.1) is 17.7 Å². The van der Waals surface area contributed by atoms with Crippen molar-refractivity contribution in [2.45, 2.75) is 76.7 Å². The van der Waals surface area contributed by atoms with Gasteiger partial charge < -0.3 is 10.6 Å². The first-order valence-corrected chi connectivity index (χ1v) is 11.1. The highest BCUT2D eigenvalue weighted by Crippen LogP contribution is 2.38. The van der Waals surface area contributed by atoms with E-state index in [4.69, 9.17) is 0 Å². The van der Waals surface area contributed by atoms with Crippen LogP contribution in [0.2, 0.25) is 0 Å². The number of nitrogens with one attached hydrogen (secondary N) is 2. The summed E-state index contributed by atoms with van der Waals surface area (Å²) in [7, 11) is 0. The summed E-state index contributed by atoms with van der Waals surface area (Å²) in [4.78, 5) is 37.3. The van der Waals surface area contributed by atoms with Gasteiger partial charge in [0.15, 0.2) is 5.78 Å². The number of carbonyl (C=O) groups is 3. The normalized spacial score (nSPS) is 22.3. The zero-order valence-corrected chi connectivity index (χ0v) is 18.8. The minimum absolute atomic E-state index is 0.0367. The van der Waals surface area contributed by atoms with Gasteiger partial charge in [-0.25, -0.2) is 13.2 Å². The highest BCUT2D eigenvalue weighted by Gasteiger charge is 2.41. The Labute approximate surface area is 186 Å². The molecule has 2 aliphatic rings. The zero-order chi connectivity index (χ0) is 23.7. The molecule has 32 heavy (non-hydrogen) atoms. The van der Waals surface area contributed by atoms with Crippen molar-refractivity contribution in [1.82, 2.24) is 10.6 Å². The largest absolute Gasteiger partial charge is 0.355 e. The van der Waals surface area contributed by atoms with Crippen molar-refractivity contribution in [3.63, 3.8) is 0 Å². The molecule has 0 unspecified atom stereocenters. The highest BCUT2D eigenvalue weighted by molar-refractivity contribution is 5.94. The van der Waals surface area contributed by atoms with Crippen molar-refractivity contribution < 1.29 is 27.6 Å². The van der Waals surface area contributed by atoms with Gasteiger partial charge in [-0.15, -0.1) is 0 Å². The number of benzene rings is 1. The first kappa shape index (κ1) is 24.3. The molecule has 5 nitrogen and oxygen atoms in total. The SMILES string of the molecule is CC(C)(C)c1ccc(CC(=O)[C@@H](NC(=O)[C@H]2CNC(=O)C2)C2CCC(F)(F)CC2)cc1F. The average molecular weight is 453 g/mol. The summed E-state index contributed by atoms with van der Waals surface area (Å²) < 4.78 is 41.9. The van der Waals surface area contributed by atoms with Crippen LogP contribution in [-0.4, -0.2) is 36.1 Å². The van der Waals surface area contributed by atoms with E-state index in [1.54, 1.807) is 12.1 Å². The number of Topliss-reactive ketones (excluding diaryl/α,β-unsaturated/α-hetero) is 1. The topological polar surface area (TPSA) is 75.3 Å². The Kier molecular flexibility index (Phi) is 7.00. The van der Waals surface area contributed by atoms with E-state index in [1.807, 2.05) is 20.8 Å². The minimum Gasteiger partial charge on any atom is -0.355 e. The summed E-state index contributed by atoms with van der Waals surface area (Å²) >= 11 is 0. The van der Waals surface area contributed by atoms with E-state index < -0.39 is 35.5 Å². The molecule has 0 radical (unpaired) electrons. The third kappa shape index (κ3) is 5.90. The lowest BCUT2D eigenvalue weighted by Gasteiger charge is -2.34.